The van der Waals surface area contributed by atoms with Crippen LogP contribution in [0.25, 0.3) is 0 Å². The van der Waals surface area contributed by atoms with Gasteiger partial charge in [0.25, 0.3) is 0 Å². The van der Waals surface area contributed by atoms with E-state index in [1.165, 1.54) is 0 Å². The monoisotopic (exact) mass is 301 g/mol. The highest BCUT2D eigenvalue weighted by Crippen LogP contribution is 2.21. The molecule has 1 fully saturated rings. The van der Waals surface area contributed by atoms with Gasteiger partial charge in [0.2, 0.25) is 0 Å². The van der Waals surface area contributed by atoms with Crippen molar-refractivity contribution in [2.24, 2.45) is 5.92 Å². The number of pyridine rings is 1. The molecule has 0 atom stereocenters. The Hall–Kier alpha value is -0.650. The van der Waals surface area contributed by atoms with E-state index in [-0.39, 0.29) is 5.92 Å². The normalized spacial score (nSPS) is 20.2. The first-order valence-electron chi connectivity index (χ1n) is 5.57. The summed E-state index contributed by atoms with van der Waals surface area (Å²) in [6.45, 7) is 5.75. The predicted octanol–water partition coefficient (Wildman–Crippen LogP) is 2.62. The van der Waals surface area contributed by atoms with Crippen molar-refractivity contribution in [3.63, 3.8) is 0 Å². The molecule has 1 aliphatic heterocycles. The molecular formula is C12H16BrNO3. The van der Waals surface area contributed by atoms with Crippen LogP contribution in [-0.2, 0) is 9.47 Å². The Bertz CT molecular complexity index is 357. The molecule has 2 rings (SSSR count). The van der Waals surface area contributed by atoms with E-state index >= 15 is 0 Å². The van der Waals surface area contributed by atoms with Gasteiger partial charge in [-0.05, 0) is 41.9 Å². The van der Waals surface area contributed by atoms with Crippen LogP contribution in [0.1, 0.15) is 13.8 Å². The number of aromatic nitrogens is 1. The second-order valence-electron chi connectivity index (χ2n) is 4.52. The molecule has 1 aromatic rings. The lowest BCUT2D eigenvalue weighted by Gasteiger charge is -2.34. The van der Waals surface area contributed by atoms with Crippen molar-refractivity contribution in [3.05, 3.63) is 22.9 Å². The van der Waals surface area contributed by atoms with Crippen LogP contribution in [0.15, 0.2) is 22.9 Å². The molecule has 1 aliphatic rings. The number of ether oxygens (including phenoxy) is 3. The highest BCUT2D eigenvalue weighted by atomic mass is 79.9. The Kier molecular flexibility index (Phi) is 4.01. The second-order valence-corrected chi connectivity index (χ2v) is 5.33. The molecule has 0 bridgehead atoms. The number of hydrogen-bond acceptors (Lipinski definition) is 4. The van der Waals surface area contributed by atoms with Gasteiger partial charge in [-0.15, -0.1) is 0 Å². The van der Waals surface area contributed by atoms with Gasteiger partial charge in [0.15, 0.2) is 5.79 Å². The summed E-state index contributed by atoms with van der Waals surface area (Å²) in [5.74, 6) is 0.570. The lowest BCUT2D eigenvalue weighted by molar-refractivity contribution is -0.264. The summed E-state index contributed by atoms with van der Waals surface area (Å²) in [6, 6.07) is 3.73. The van der Waals surface area contributed by atoms with Gasteiger partial charge in [-0.25, -0.2) is 4.98 Å². The van der Waals surface area contributed by atoms with E-state index in [1.807, 2.05) is 26.0 Å². The largest absolute Gasteiger partial charge is 0.492 e. The first-order valence-corrected chi connectivity index (χ1v) is 6.37. The molecule has 0 N–H and O–H groups in total. The Balaban J connectivity index is 1.78. The summed E-state index contributed by atoms with van der Waals surface area (Å²) in [6.07, 6.45) is 1.69. The average molecular weight is 302 g/mol. The molecule has 0 aromatic carbocycles. The predicted molar refractivity (Wildman–Crippen MR) is 66.9 cm³/mol. The van der Waals surface area contributed by atoms with Crippen LogP contribution in [-0.4, -0.2) is 30.6 Å². The van der Waals surface area contributed by atoms with Crippen LogP contribution in [0.2, 0.25) is 0 Å². The zero-order valence-corrected chi connectivity index (χ0v) is 11.6. The van der Waals surface area contributed by atoms with Crippen LogP contribution < -0.4 is 4.74 Å². The number of hydrogen-bond donors (Lipinski definition) is 0. The van der Waals surface area contributed by atoms with Gasteiger partial charge in [-0.3, -0.25) is 0 Å². The molecule has 4 nitrogen and oxygen atoms in total. The minimum atomic E-state index is -0.463. The zero-order chi connectivity index (χ0) is 12.3. The third-order valence-corrected chi connectivity index (χ3v) is 2.99. The Morgan fingerprint density at radius 3 is 2.71 bits per heavy atom. The first kappa shape index (κ1) is 12.8. The molecule has 0 saturated carbocycles. The van der Waals surface area contributed by atoms with Gasteiger partial charge in [0.05, 0.1) is 26.0 Å². The molecule has 17 heavy (non-hydrogen) atoms. The third kappa shape index (κ3) is 3.94. The molecule has 1 saturated heterocycles. The quantitative estimate of drug-likeness (QED) is 0.805. The van der Waals surface area contributed by atoms with Crippen molar-refractivity contribution in [2.45, 2.75) is 19.6 Å². The van der Waals surface area contributed by atoms with Crippen molar-refractivity contribution < 1.29 is 14.2 Å². The molecule has 0 amide bonds. The summed E-state index contributed by atoms with van der Waals surface area (Å²) in [5.41, 5.74) is 0. The van der Waals surface area contributed by atoms with Crippen molar-refractivity contribution in [1.82, 2.24) is 4.98 Å². The maximum absolute atomic E-state index is 5.63. The summed E-state index contributed by atoms with van der Waals surface area (Å²) in [7, 11) is 0. The highest BCUT2D eigenvalue weighted by molar-refractivity contribution is 9.10. The van der Waals surface area contributed by atoms with E-state index in [4.69, 9.17) is 14.2 Å². The van der Waals surface area contributed by atoms with Crippen molar-refractivity contribution in [2.75, 3.05) is 19.8 Å². The minimum absolute atomic E-state index is 0.270. The highest BCUT2D eigenvalue weighted by Gasteiger charge is 2.28. The number of rotatable bonds is 3. The molecule has 94 valence electrons. The fraction of sp³-hybridized carbons (Fsp3) is 0.583. The molecule has 0 radical (unpaired) electrons. The molecule has 0 aliphatic carbocycles. The summed E-state index contributed by atoms with van der Waals surface area (Å²) in [4.78, 5) is 4.10. The van der Waals surface area contributed by atoms with Gasteiger partial charge in [0, 0.05) is 5.92 Å². The topological polar surface area (TPSA) is 40.6 Å². The molecule has 0 spiro atoms. The van der Waals surface area contributed by atoms with Crippen LogP contribution in [0.5, 0.6) is 5.75 Å². The lowest BCUT2D eigenvalue weighted by Crippen LogP contribution is -2.41. The van der Waals surface area contributed by atoms with Crippen molar-refractivity contribution >= 4 is 15.9 Å². The van der Waals surface area contributed by atoms with E-state index in [9.17, 15) is 0 Å². The third-order valence-electron chi connectivity index (χ3n) is 2.52. The number of halogens is 1. The van der Waals surface area contributed by atoms with Crippen molar-refractivity contribution in [3.8, 4) is 5.75 Å². The fourth-order valence-electron chi connectivity index (χ4n) is 1.48. The summed E-state index contributed by atoms with van der Waals surface area (Å²) < 4.78 is 17.5. The summed E-state index contributed by atoms with van der Waals surface area (Å²) >= 11 is 3.28. The second kappa shape index (κ2) is 5.33. The maximum Gasteiger partial charge on any atom is 0.162 e. The SMILES string of the molecule is CC1(C)OCC(COc2ccc(Br)nc2)CO1. The smallest absolute Gasteiger partial charge is 0.162 e. The first-order chi connectivity index (χ1) is 8.05. The van der Waals surface area contributed by atoms with Gasteiger partial charge in [-0.1, -0.05) is 0 Å². The van der Waals surface area contributed by atoms with Crippen LogP contribution in [0.3, 0.4) is 0 Å². The van der Waals surface area contributed by atoms with Gasteiger partial charge < -0.3 is 14.2 Å². The van der Waals surface area contributed by atoms with Crippen LogP contribution in [0.4, 0.5) is 0 Å². The Morgan fingerprint density at radius 2 is 2.12 bits per heavy atom. The van der Waals surface area contributed by atoms with Crippen LogP contribution >= 0.6 is 15.9 Å². The molecule has 1 aromatic heterocycles. The van der Waals surface area contributed by atoms with Gasteiger partial charge in [-0.2, -0.15) is 0 Å². The zero-order valence-electron chi connectivity index (χ0n) is 9.98. The maximum atomic E-state index is 5.63. The van der Waals surface area contributed by atoms with E-state index in [0.29, 0.717) is 19.8 Å². The fourth-order valence-corrected chi connectivity index (χ4v) is 1.72. The van der Waals surface area contributed by atoms with Gasteiger partial charge in [0.1, 0.15) is 10.4 Å². The average Bonchev–Trinajstić information content (AvgIpc) is 2.30. The standard InChI is InChI=1S/C12H16BrNO3/c1-12(2)16-7-9(8-17-12)6-15-10-3-4-11(13)14-5-10/h3-5,9H,6-8H2,1-2H3. The molecule has 5 heteroatoms. The van der Waals surface area contributed by atoms with Gasteiger partial charge >= 0.3 is 0 Å². The number of nitrogens with zero attached hydrogens (tertiary/aromatic N) is 1. The summed E-state index contributed by atoms with van der Waals surface area (Å²) in [5, 5.41) is 0. The van der Waals surface area contributed by atoms with Crippen molar-refractivity contribution in [1.29, 1.82) is 0 Å². The Morgan fingerprint density at radius 1 is 1.41 bits per heavy atom. The Labute approximate surface area is 109 Å². The molecule has 2 heterocycles. The van der Waals surface area contributed by atoms with Crippen LogP contribution in [0, 0.1) is 5.92 Å². The molecular weight excluding hydrogens is 286 g/mol. The minimum Gasteiger partial charge on any atom is -0.492 e. The van der Waals surface area contributed by atoms with E-state index in [0.717, 1.165) is 10.4 Å². The van der Waals surface area contributed by atoms with E-state index < -0.39 is 5.79 Å². The van der Waals surface area contributed by atoms with E-state index in [1.54, 1.807) is 6.20 Å². The lowest BCUT2D eigenvalue weighted by atomic mass is 10.1. The van der Waals surface area contributed by atoms with E-state index in [2.05, 4.69) is 20.9 Å². The molecule has 0 unspecified atom stereocenters.